The predicted molar refractivity (Wildman–Crippen MR) is 40.0 cm³/mol. The van der Waals surface area contributed by atoms with E-state index in [1.165, 1.54) is 6.33 Å². The molecule has 0 saturated heterocycles. The van der Waals surface area contributed by atoms with Gasteiger partial charge in [0.05, 0.1) is 5.56 Å². The van der Waals surface area contributed by atoms with Crippen LogP contribution in [0.2, 0.25) is 10.3 Å². The second-order valence-electron chi connectivity index (χ2n) is 1.47. The molecule has 0 aliphatic rings. The average Bonchev–Trinajstić information content (AvgIpc) is 1.88. The zero-order chi connectivity index (χ0) is 7.56. The van der Waals surface area contributed by atoms with Crippen LogP contribution in [-0.2, 0) is 0 Å². The Morgan fingerprint density at radius 2 is 1.80 bits per heavy atom. The molecule has 50 valence electrons. The lowest BCUT2D eigenvalue weighted by molar-refractivity contribution is 1.16. The van der Waals surface area contributed by atoms with Crippen molar-refractivity contribution in [2.24, 2.45) is 0 Å². The van der Waals surface area contributed by atoms with Crippen LogP contribution in [0, 0.1) is 12.3 Å². The van der Waals surface area contributed by atoms with E-state index in [1.54, 1.807) is 0 Å². The van der Waals surface area contributed by atoms with Gasteiger partial charge in [-0.15, -0.1) is 6.42 Å². The third kappa shape index (κ3) is 1.21. The predicted octanol–water partition coefficient (Wildman–Crippen LogP) is 1.76. The maximum Gasteiger partial charge on any atom is 0.149 e. The fourth-order valence-corrected chi connectivity index (χ4v) is 0.887. The number of hydrogen-bond acceptors (Lipinski definition) is 2. The van der Waals surface area contributed by atoms with Crippen LogP contribution in [0.1, 0.15) is 5.56 Å². The molecule has 4 heteroatoms. The summed E-state index contributed by atoms with van der Waals surface area (Å²) in [4.78, 5) is 7.28. The molecule has 0 N–H and O–H groups in total. The van der Waals surface area contributed by atoms with Gasteiger partial charge in [-0.05, 0) is 0 Å². The fraction of sp³-hybridized carbons (Fsp3) is 0. The van der Waals surface area contributed by atoms with Crippen LogP contribution >= 0.6 is 23.2 Å². The zero-order valence-electron chi connectivity index (χ0n) is 4.81. The first-order chi connectivity index (χ1) is 4.75. The molecule has 2 nitrogen and oxygen atoms in total. The van der Waals surface area contributed by atoms with Crippen LogP contribution in [0.3, 0.4) is 0 Å². The number of aromatic nitrogens is 2. The van der Waals surface area contributed by atoms with Gasteiger partial charge in [-0.1, -0.05) is 29.1 Å². The first kappa shape index (κ1) is 7.33. The molecular weight excluding hydrogens is 171 g/mol. The highest BCUT2D eigenvalue weighted by atomic mass is 35.5. The van der Waals surface area contributed by atoms with Crippen molar-refractivity contribution in [2.45, 2.75) is 0 Å². The third-order valence-corrected chi connectivity index (χ3v) is 1.47. The topological polar surface area (TPSA) is 25.8 Å². The maximum atomic E-state index is 5.55. The van der Waals surface area contributed by atoms with E-state index in [1.807, 2.05) is 0 Å². The summed E-state index contributed by atoms with van der Waals surface area (Å²) in [7, 11) is 0. The molecule has 1 heterocycles. The number of rotatable bonds is 0. The van der Waals surface area contributed by atoms with E-state index in [-0.39, 0.29) is 10.3 Å². The maximum absolute atomic E-state index is 5.55. The van der Waals surface area contributed by atoms with Crippen molar-refractivity contribution in [3.05, 3.63) is 22.2 Å². The summed E-state index contributed by atoms with van der Waals surface area (Å²) in [5, 5.41) is 0.421. The Balaban J connectivity index is 3.34. The van der Waals surface area contributed by atoms with Crippen molar-refractivity contribution in [3.8, 4) is 12.3 Å². The van der Waals surface area contributed by atoms with Gasteiger partial charge in [-0.25, -0.2) is 9.97 Å². The normalized spacial score (nSPS) is 8.90. The lowest BCUT2D eigenvalue weighted by atomic mass is 10.4. The Kier molecular flexibility index (Phi) is 2.10. The fourth-order valence-electron chi connectivity index (χ4n) is 0.464. The monoisotopic (exact) mass is 172 g/mol. The van der Waals surface area contributed by atoms with Crippen molar-refractivity contribution in [1.82, 2.24) is 9.97 Å². The molecule has 0 unspecified atom stereocenters. The van der Waals surface area contributed by atoms with Crippen LogP contribution in [0.4, 0.5) is 0 Å². The van der Waals surface area contributed by atoms with Crippen LogP contribution in [-0.4, -0.2) is 9.97 Å². The van der Waals surface area contributed by atoms with E-state index < -0.39 is 0 Å². The van der Waals surface area contributed by atoms with Gasteiger partial charge in [0.2, 0.25) is 0 Å². The molecule has 0 aliphatic heterocycles. The molecular formula is C6H2Cl2N2. The van der Waals surface area contributed by atoms with Gasteiger partial charge in [0, 0.05) is 0 Å². The lowest BCUT2D eigenvalue weighted by Gasteiger charge is -1.93. The summed E-state index contributed by atoms with van der Waals surface area (Å²) in [5.41, 5.74) is 0.339. The van der Waals surface area contributed by atoms with Crippen LogP contribution in [0.15, 0.2) is 6.33 Å². The minimum atomic E-state index is 0.211. The average molecular weight is 173 g/mol. The minimum Gasteiger partial charge on any atom is -0.223 e. The number of terminal acetylenes is 1. The van der Waals surface area contributed by atoms with Crippen molar-refractivity contribution < 1.29 is 0 Å². The van der Waals surface area contributed by atoms with Gasteiger partial charge in [0.15, 0.2) is 0 Å². The van der Waals surface area contributed by atoms with E-state index in [4.69, 9.17) is 29.6 Å². The second-order valence-corrected chi connectivity index (χ2v) is 2.19. The van der Waals surface area contributed by atoms with Gasteiger partial charge < -0.3 is 0 Å². The first-order valence-electron chi connectivity index (χ1n) is 2.38. The third-order valence-electron chi connectivity index (χ3n) is 0.899. The SMILES string of the molecule is C#Cc1c(Cl)ncnc1Cl. The van der Waals surface area contributed by atoms with Gasteiger partial charge in [-0.2, -0.15) is 0 Å². The molecule has 0 aliphatic carbocycles. The smallest absolute Gasteiger partial charge is 0.149 e. The van der Waals surface area contributed by atoms with Crippen LogP contribution in [0.25, 0.3) is 0 Å². The minimum absolute atomic E-state index is 0.211. The van der Waals surface area contributed by atoms with Crippen molar-refractivity contribution in [1.29, 1.82) is 0 Å². The van der Waals surface area contributed by atoms with Crippen molar-refractivity contribution in [2.75, 3.05) is 0 Å². The van der Waals surface area contributed by atoms with E-state index >= 15 is 0 Å². The Morgan fingerprint density at radius 1 is 1.30 bits per heavy atom. The number of nitrogens with zero attached hydrogens (tertiary/aromatic N) is 2. The van der Waals surface area contributed by atoms with Gasteiger partial charge >= 0.3 is 0 Å². The molecule has 0 aromatic carbocycles. The summed E-state index contributed by atoms with van der Waals surface area (Å²) in [5.74, 6) is 2.27. The highest BCUT2D eigenvalue weighted by Gasteiger charge is 2.02. The highest BCUT2D eigenvalue weighted by Crippen LogP contribution is 2.17. The molecule has 0 radical (unpaired) electrons. The van der Waals surface area contributed by atoms with E-state index in [0.717, 1.165) is 0 Å². The molecule has 0 spiro atoms. The summed E-state index contributed by atoms with van der Waals surface area (Å²) in [6.07, 6.45) is 6.31. The van der Waals surface area contributed by atoms with E-state index in [2.05, 4.69) is 15.9 Å². The Bertz CT molecular complexity index is 270. The van der Waals surface area contributed by atoms with Crippen molar-refractivity contribution in [3.63, 3.8) is 0 Å². The molecule has 0 bridgehead atoms. The Hall–Kier alpha value is -0.780. The molecule has 1 rings (SSSR count). The number of halogens is 2. The van der Waals surface area contributed by atoms with Gasteiger partial charge in [-0.3, -0.25) is 0 Å². The second kappa shape index (κ2) is 2.87. The summed E-state index contributed by atoms with van der Waals surface area (Å²) in [6, 6.07) is 0. The molecule has 10 heavy (non-hydrogen) atoms. The largest absolute Gasteiger partial charge is 0.223 e. The Morgan fingerprint density at radius 3 is 2.10 bits per heavy atom. The van der Waals surface area contributed by atoms with E-state index in [9.17, 15) is 0 Å². The molecule has 0 fully saturated rings. The first-order valence-corrected chi connectivity index (χ1v) is 3.14. The van der Waals surface area contributed by atoms with Gasteiger partial charge in [0.25, 0.3) is 0 Å². The summed E-state index contributed by atoms with van der Waals surface area (Å²) < 4.78 is 0. The molecule has 1 aromatic rings. The standard InChI is InChI=1S/C6H2Cl2N2/c1-2-4-5(7)9-3-10-6(4)8/h1,3H. The molecule has 0 atom stereocenters. The molecule has 1 aromatic heterocycles. The van der Waals surface area contributed by atoms with Crippen LogP contribution in [0.5, 0.6) is 0 Å². The quantitative estimate of drug-likeness (QED) is 0.441. The van der Waals surface area contributed by atoms with Crippen molar-refractivity contribution >= 4 is 23.2 Å². The number of hydrogen-bond donors (Lipinski definition) is 0. The lowest BCUT2D eigenvalue weighted by Crippen LogP contribution is -1.86. The van der Waals surface area contributed by atoms with Gasteiger partial charge in [0.1, 0.15) is 16.6 Å². The summed E-state index contributed by atoms with van der Waals surface area (Å²) in [6.45, 7) is 0. The zero-order valence-corrected chi connectivity index (χ0v) is 6.32. The Labute approximate surface area is 68.2 Å². The van der Waals surface area contributed by atoms with E-state index in [0.29, 0.717) is 5.56 Å². The van der Waals surface area contributed by atoms with Crippen LogP contribution < -0.4 is 0 Å². The molecule has 0 saturated carbocycles. The highest BCUT2D eigenvalue weighted by molar-refractivity contribution is 6.35. The molecule has 0 amide bonds. The summed E-state index contributed by atoms with van der Waals surface area (Å²) >= 11 is 11.1.